The SMILES string of the molecule is Cc1cnc(Cn2ccc(C)c(C(=O)N3CCCC(F)(F)C3)c2=O)cn1. The zero-order valence-electron chi connectivity index (χ0n) is 14.7. The van der Waals surface area contributed by atoms with E-state index in [0.29, 0.717) is 11.3 Å². The number of carbonyl (C=O) groups is 1. The molecular weight excluding hydrogens is 342 g/mol. The number of rotatable bonds is 3. The van der Waals surface area contributed by atoms with Gasteiger partial charge in [-0.05, 0) is 31.9 Å². The highest BCUT2D eigenvalue weighted by atomic mass is 19.3. The Balaban J connectivity index is 1.91. The van der Waals surface area contributed by atoms with Crippen molar-refractivity contribution >= 4 is 5.91 Å². The van der Waals surface area contributed by atoms with Gasteiger partial charge in [0.2, 0.25) is 0 Å². The first-order valence-electron chi connectivity index (χ1n) is 8.41. The number of aryl methyl sites for hydroxylation is 2. The van der Waals surface area contributed by atoms with Crippen molar-refractivity contribution in [3.05, 3.63) is 57.5 Å². The van der Waals surface area contributed by atoms with Crippen LogP contribution < -0.4 is 5.56 Å². The third-order valence-electron chi connectivity index (χ3n) is 4.43. The molecule has 0 spiro atoms. The second-order valence-corrected chi connectivity index (χ2v) is 6.64. The van der Waals surface area contributed by atoms with Crippen LogP contribution in [0.3, 0.4) is 0 Å². The summed E-state index contributed by atoms with van der Waals surface area (Å²) in [7, 11) is 0. The number of halogens is 2. The minimum absolute atomic E-state index is 0.0646. The minimum atomic E-state index is -2.91. The molecule has 3 heterocycles. The van der Waals surface area contributed by atoms with Gasteiger partial charge in [0.15, 0.2) is 0 Å². The van der Waals surface area contributed by atoms with Crippen LogP contribution in [0.2, 0.25) is 0 Å². The average Bonchev–Trinajstić information content (AvgIpc) is 2.58. The predicted molar refractivity (Wildman–Crippen MR) is 91.4 cm³/mol. The third kappa shape index (κ3) is 3.79. The quantitative estimate of drug-likeness (QED) is 0.839. The molecular formula is C18H20F2N4O2. The highest BCUT2D eigenvalue weighted by Crippen LogP contribution is 2.27. The fourth-order valence-electron chi connectivity index (χ4n) is 3.02. The zero-order chi connectivity index (χ0) is 18.9. The molecule has 1 saturated heterocycles. The molecule has 1 amide bonds. The Morgan fingerprint density at radius 3 is 2.69 bits per heavy atom. The first-order chi connectivity index (χ1) is 12.3. The van der Waals surface area contributed by atoms with Gasteiger partial charge >= 0.3 is 0 Å². The molecule has 0 bridgehead atoms. The topological polar surface area (TPSA) is 68.1 Å². The monoisotopic (exact) mass is 362 g/mol. The highest BCUT2D eigenvalue weighted by molar-refractivity contribution is 5.95. The summed E-state index contributed by atoms with van der Waals surface area (Å²) < 4.78 is 28.6. The Hall–Kier alpha value is -2.64. The summed E-state index contributed by atoms with van der Waals surface area (Å²) in [6, 6.07) is 1.64. The summed E-state index contributed by atoms with van der Waals surface area (Å²) in [6.07, 6.45) is 4.71. The molecule has 0 atom stereocenters. The van der Waals surface area contributed by atoms with Crippen molar-refractivity contribution in [3.63, 3.8) is 0 Å². The largest absolute Gasteiger partial charge is 0.332 e. The molecule has 138 valence electrons. The van der Waals surface area contributed by atoms with E-state index in [-0.39, 0.29) is 31.5 Å². The fraction of sp³-hybridized carbons (Fsp3) is 0.444. The second kappa shape index (κ2) is 6.93. The van der Waals surface area contributed by atoms with E-state index in [0.717, 1.165) is 10.6 Å². The Morgan fingerprint density at radius 2 is 2.04 bits per heavy atom. The number of hydrogen-bond acceptors (Lipinski definition) is 4. The zero-order valence-corrected chi connectivity index (χ0v) is 14.7. The van der Waals surface area contributed by atoms with Crippen molar-refractivity contribution in [1.82, 2.24) is 19.4 Å². The van der Waals surface area contributed by atoms with Gasteiger partial charge in [-0.1, -0.05) is 0 Å². The molecule has 0 saturated carbocycles. The lowest BCUT2D eigenvalue weighted by molar-refractivity contribution is -0.0561. The number of alkyl halides is 2. The van der Waals surface area contributed by atoms with E-state index in [1.54, 1.807) is 38.5 Å². The van der Waals surface area contributed by atoms with Crippen LogP contribution in [0.25, 0.3) is 0 Å². The van der Waals surface area contributed by atoms with Gasteiger partial charge in [-0.15, -0.1) is 0 Å². The van der Waals surface area contributed by atoms with Crippen molar-refractivity contribution in [2.24, 2.45) is 0 Å². The van der Waals surface area contributed by atoms with Gasteiger partial charge in [-0.3, -0.25) is 19.6 Å². The lowest BCUT2D eigenvalue weighted by atomic mass is 10.0. The van der Waals surface area contributed by atoms with Crippen molar-refractivity contribution < 1.29 is 13.6 Å². The van der Waals surface area contributed by atoms with Crippen molar-refractivity contribution in [3.8, 4) is 0 Å². The number of carbonyl (C=O) groups excluding carboxylic acids is 1. The van der Waals surface area contributed by atoms with Gasteiger partial charge in [0, 0.05) is 25.4 Å². The molecule has 26 heavy (non-hydrogen) atoms. The summed E-state index contributed by atoms with van der Waals surface area (Å²) in [5, 5.41) is 0. The summed E-state index contributed by atoms with van der Waals surface area (Å²) in [4.78, 5) is 34.9. The van der Waals surface area contributed by atoms with Crippen molar-refractivity contribution in [1.29, 1.82) is 0 Å². The fourth-order valence-corrected chi connectivity index (χ4v) is 3.02. The van der Waals surface area contributed by atoms with Gasteiger partial charge in [0.1, 0.15) is 5.56 Å². The van der Waals surface area contributed by atoms with Gasteiger partial charge in [-0.2, -0.15) is 0 Å². The maximum atomic E-state index is 13.6. The first kappa shape index (κ1) is 18.2. The van der Waals surface area contributed by atoms with Crippen LogP contribution >= 0.6 is 0 Å². The Labute approximate surface area is 149 Å². The van der Waals surface area contributed by atoms with Gasteiger partial charge < -0.3 is 9.47 Å². The third-order valence-corrected chi connectivity index (χ3v) is 4.43. The molecule has 8 heteroatoms. The molecule has 1 aliphatic rings. The molecule has 6 nitrogen and oxygen atoms in total. The van der Waals surface area contributed by atoms with Crippen LogP contribution in [-0.2, 0) is 6.54 Å². The van der Waals surface area contributed by atoms with Crippen LogP contribution in [0.15, 0.2) is 29.5 Å². The van der Waals surface area contributed by atoms with E-state index >= 15 is 0 Å². The maximum Gasteiger partial charge on any atom is 0.265 e. The van der Waals surface area contributed by atoms with Crippen LogP contribution in [0.1, 0.15) is 40.2 Å². The van der Waals surface area contributed by atoms with Gasteiger partial charge in [-0.25, -0.2) is 8.78 Å². The van der Waals surface area contributed by atoms with E-state index in [1.165, 1.54) is 4.57 Å². The van der Waals surface area contributed by atoms with E-state index in [9.17, 15) is 18.4 Å². The Morgan fingerprint density at radius 1 is 1.27 bits per heavy atom. The molecule has 2 aromatic rings. The van der Waals surface area contributed by atoms with Crippen LogP contribution in [0.4, 0.5) is 8.78 Å². The first-order valence-corrected chi connectivity index (χ1v) is 8.41. The highest BCUT2D eigenvalue weighted by Gasteiger charge is 2.38. The number of amides is 1. The van der Waals surface area contributed by atoms with Crippen molar-refractivity contribution in [2.45, 2.75) is 39.2 Å². The van der Waals surface area contributed by atoms with Gasteiger partial charge in [0.25, 0.3) is 17.4 Å². The van der Waals surface area contributed by atoms with E-state index in [2.05, 4.69) is 9.97 Å². The molecule has 0 unspecified atom stereocenters. The minimum Gasteiger partial charge on any atom is -0.332 e. The number of pyridine rings is 1. The summed E-state index contributed by atoms with van der Waals surface area (Å²) >= 11 is 0. The van der Waals surface area contributed by atoms with Gasteiger partial charge in [0.05, 0.1) is 30.7 Å². The maximum absolute atomic E-state index is 13.6. The van der Waals surface area contributed by atoms with Crippen LogP contribution in [-0.4, -0.2) is 44.4 Å². The molecule has 2 aromatic heterocycles. The average molecular weight is 362 g/mol. The van der Waals surface area contributed by atoms with Crippen molar-refractivity contribution in [2.75, 3.05) is 13.1 Å². The number of aromatic nitrogens is 3. The summed E-state index contributed by atoms with van der Waals surface area (Å²) in [5.74, 6) is -3.55. The Kier molecular flexibility index (Phi) is 4.84. The normalized spacial score (nSPS) is 16.5. The summed E-state index contributed by atoms with van der Waals surface area (Å²) in [6.45, 7) is 3.17. The standard InChI is InChI=1S/C18H20F2N4O2/c1-12-4-7-23(10-14-9-21-13(2)8-22-14)16(25)15(12)17(26)24-6-3-5-18(19,20)11-24/h4,7-9H,3,5-6,10-11H2,1-2H3. The van der Waals surface area contributed by atoms with Crippen LogP contribution in [0.5, 0.6) is 0 Å². The number of hydrogen-bond donors (Lipinski definition) is 0. The number of piperidine rings is 1. The molecule has 0 radical (unpaired) electrons. The van der Waals surface area contributed by atoms with E-state index in [1.807, 2.05) is 0 Å². The molecule has 0 aliphatic carbocycles. The number of nitrogens with zero attached hydrogens (tertiary/aromatic N) is 4. The number of likely N-dealkylation sites (tertiary alicyclic amines) is 1. The Bertz CT molecular complexity index is 878. The molecule has 1 fully saturated rings. The molecule has 0 N–H and O–H groups in total. The molecule has 3 rings (SSSR count). The van der Waals surface area contributed by atoms with Crippen LogP contribution in [0, 0.1) is 13.8 Å². The summed E-state index contributed by atoms with van der Waals surface area (Å²) in [5.41, 5.74) is 1.23. The van der Waals surface area contributed by atoms with E-state index < -0.39 is 23.9 Å². The van der Waals surface area contributed by atoms with E-state index in [4.69, 9.17) is 0 Å². The second-order valence-electron chi connectivity index (χ2n) is 6.64. The smallest absolute Gasteiger partial charge is 0.265 e. The molecule has 0 aromatic carbocycles. The lowest BCUT2D eigenvalue weighted by Crippen LogP contribution is -2.47. The molecule has 1 aliphatic heterocycles. The lowest BCUT2D eigenvalue weighted by Gasteiger charge is -2.32. The predicted octanol–water partition coefficient (Wildman–Crippen LogP) is 2.17.